The highest BCUT2D eigenvalue weighted by atomic mass is 16.5. The van der Waals surface area contributed by atoms with Crippen LogP contribution >= 0.6 is 0 Å². The molecule has 29 heavy (non-hydrogen) atoms. The van der Waals surface area contributed by atoms with Crippen LogP contribution in [0.3, 0.4) is 0 Å². The Morgan fingerprint density at radius 1 is 1.14 bits per heavy atom. The molecule has 2 aromatic rings. The third-order valence-corrected chi connectivity index (χ3v) is 6.08. The lowest BCUT2D eigenvalue weighted by Gasteiger charge is -2.39. The minimum absolute atomic E-state index is 0.0424. The van der Waals surface area contributed by atoms with Gasteiger partial charge in [-0.2, -0.15) is 0 Å². The van der Waals surface area contributed by atoms with Crippen LogP contribution in [0.25, 0.3) is 0 Å². The first-order valence-electron chi connectivity index (χ1n) is 10.2. The van der Waals surface area contributed by atoms with E-state index in [1.165, 1.54) is 0 Å². The highest BCUT2D eigenvalue weighted by Crippen LogP contribution is 2.56. The largest absolute Gasteiger partial charge is 0.497 e. The summed E-state index contributed by atoms with van der Waals surface area (Å²) in [4.78, 5) is 26.6. The number of anilines is 1. The van der Waals surface area contributed by atoms with Crippen LogP contribution < -0.4 is 9.75 Å². The van der Waals surface area contributed by atoms with Gasteiger partial charge in [0.05, 0.1) is 24.8 Å². The summed E-state index contributed by atoms with van der Waals surface area (Å²) >= 11 is 0. The van der Waals surface area contributed by atoms with Crippen molar-refractivity contribution >= 4 is 17.4 Å². The first-order chi connectivity index (χ1) is 13.8. The number of Topliss-reactive ketones (excluding diaryl/α,β-unsaturated/α-hetero) is 1. The van der Waals surface area contributed by atoms with E-state index in [-0.39, 0.29) is 18.1 Å². The van der Waals surface area contributed by atoms with Gasteiger partial charge in [0, 0.05) is 18.4 Å². The molecular weight excluding hydrogens is 364 g/mol. The Hall–Kier alpha value is -2.82. The van der Waals surface area contributed by atoms with Crippen molar-refractivity contribution in [2.45, 2.75) is 45.6 Å². The van der Waals surface area contributed by atoms with Crippen molar-refractivity contribution in [1.29, 1.82) is 0 Å². The topological polar surface area (TPSA) is 49.9 Å². The van der Waals surface area contributed by atoms with Gasteiger partial charge in [-0.1, -0.05) is 37.3 Å². The zero-order valence-electron chi connectivity index (χ0n) is 17.6. The van der Waals surface area contributed by atoms with E-state index >= 15 is 0 Å². The van der Waals surface area contributed by atoms with Gasteiger partial charge in [0.15, 0.2) is 0 Å². The van der Waals surface area contributed by atoms with Gasteiger partial charge in [-0.25, -0.2) is 5.01 Å². The van der Waals surface area contributed by atoms with E-state index in [0.29, 0.717) is 13.0 Å². The molecule has 4 rings (SSSR count). The van der Waals surface area contributed by atoms with Gasteiger partial charge < -0.3 is 4.74 Å². The average molecular weight is 392 g/mol. The third-order valence-electron chi connectivity index (χ3n) is 6.08. The number of hydrogen-bond acceptors (Lipinski definition) is 4. The van der Waals surface area contributed by atoms with Gasteiger partial charge in [-0.3, -0.25) is 14.6 Å². The van der Waals surface area contributed by atoms with Gasteiger partial charge in [-0.05, 0) is 44.0 Å². The predicted octanol–water partition coefficient (Wildman–Crippen LogP) is 4.30. The monoisotopic (exact) mass is 392 g/mol. The van der Waals surface area contributed by atoms with Crippen molar-refractivity contribution in [3.8, 4) is 5.75 Å². The molecule has 2 heterocycles. The molecule has 0 N–H and O–H groups in total. The average Bonchev–Trinajstić information content (AvgIpc) is 3.11. The Bertz CT molecular complexity index is 954. The van der Waals surface area contributed by atoms with Gasteiger partial charge in [-0.15, -0.1) is 0 Å². The SMILES string of the molecule is CCCC(=O)CC1(c2ccccc2)c2cc(OC)ccc2N2CC(C)(C)C(=O)N21. The molecule has 1 fully saturated rings. The van der Waals surface area contributed by atoms with E-state index in [9.17, 15) is 9.59 Å². The fourth-order valence-electron chi connectivity index (χ4n) is 4.71. The van der Waals surface area contributed by atoms with Crippen LogP contribution in [0.1, 0.15) is 51.2 Å². The number of carbonyl (C=O) groups is 2. The molecule has 2 aromatic carbocycles. The maximum atomic E-state index is 13.6. The Kier molecular flexibility index (Phi) is 4.64. The molecule has 1 atom stereocenters. The van der Waals surface area contributed by atoms with Gasteiger partial charge in [0.25, 0.3) is 0 Å². The molecule has 1 saturated heterocycles. The normalized spacial score (nSPS) is 21.9. The predicted molar refractivity (Wildman–Crippen MR) is 113 cm³/mol. The third kappa shape index (κ3) is 2.83. The smallest absolute Gasteiger partial charge is 0.249 e. The van der Waals surface area contributed by atoms with Gasteiger partial charge in [0.1, 0.15) is 17.1 Å². The van der Waals surface area contributed by atoms with Gasteiger partial charge in [0.2, 0.25) is 5.91 Å². The molecule has 0 aliphatic carbocycles. The minimum Gasteiger partial charge on any atom is -0.497 e. The van der Waals surface area contributed by atoms with Crippen molar-refractivity contribution in [3.05, 3.63) is 59.7 Å². The number of fused-ring (bicyclic) bond motifs is 3. The molecule has 1 amide bonds. The molecule has 0 bridgehead atoms. The number of rotatable bonds is 6. The first kappa shape index (κ1) is 19.5. The summed E-state index contributed by atoms with van der Waals surface area (Å²) in [6.07, 6.45) is 1.54. The molecule has 2 aliphatic rings. The van der Waals surface area contributed by atoms with Crippen LogP contribution in [0.5, 0.6) is 5.75 Å². The quantitative estimate of drug-likeness (QED) is 0.735. The second kappa shape index (κ2) is 6.90. The summed E-state index contributed by atoms with van der Waals surface area (Å²) in [5.41, 5.74) is 1.50. The Morgan fingerprint density at radius 2 is 1.86 bits per heavy atom. The second-order valence-corrected chi connectivity index (χ2v) is 8.63. The van der Waals surface area contributed by atoms with Crippen molar-refractivity contribution in [2.24, 2.45) is 5.41 Å². The molecule has 2 aliphatic heterocycles. The number of hydrazine groups is 1. The summed E-state index contributed by atoms with van der Waals surface area (Å²) < 4.78 is 5.50. The minimum atomic E-state index is -0.859. The summed E-state index contributed by atoms with van der Waals surface area (Å²) in [6, 6.07) is 15.8. The van der Waals surface area contributed by atoms with Crippen molar-refractivity contribution in [3.63, 3.8) is 0 Å². The van der Waals surface area contributed by atoms with Crippen molar-refractivity contribution in [2.75, 3.05) is 18.7 Å². The van der Waals surface area contributed by atoms with Crippen LogP contribution in [0.15, 0.2) is 48.5 Å². The Morgan fingerprint density at radius 3 is 2.52 bits per heavy atom. The lowest BCUT2D eigenvalue weighted by molar-refractivity contribution is -0.140. The number of benzene rings is 2. The number of amides is 1. The molecule has 5 heteroatoms. The molecule has 0 radical (unpaired) electrons. The zero-order chi connectivity index (χ0) is 20.8. The zero-order valence-corrected chi connectivity index (χ0v) is 17.6. The Labute approximate surface area is 172 Å². The lowest BCUT2D eigenvalue weighted by atomic mass is 9.77. The lowest BCUT2D eigenvalue weighted by Crippen LogP contribution is -2.51. The molecule has 5 nitrogen and oxygen atoms in total. The molecule has 0 spiro atoms. The molecule has 152 valence electrons. The molecule has 0 saturated carbocycles. The van der Waals surface area contributed by atoms with Crippen LogP contribution in [0.4, 0.5) is 5.69 Å². The standard InChI is InChI=1S/C24H28N2O3/c1-5-9-18(27)15-24(17-10-7-6-8-11-17)20-14-19(29-4)12-13-21(20)25-16-23(2,3)22(28)26(24)25/h6-8,10-14H,5,9,15-16H2,1-4H3. The van der Waals surface area contributed by atoms with E-state index in [0.717, 1.165) is 29.0 Å². The second-order valence-electron chi connectivity index (χ2n) is 8.63. The first-order valence-corrected chi connectivity index (χ1v) is 10.2. The number of methoxy groups -OCH3 is 1. The fourth-order valence-corrected chi connectivity index (χ4v) is 4.71. The van der Waals surface area contributed by atoms with E-state index in [1.54, 1.807) is 7.11 Å². The molecular formula is C24H28N2O3. The molecule has 0 aromatic heterocycles. The van der Waals surface area contributed by atoms with Crippen LogP contribution in [-0.4, -0.2) is 30.4 Å². The maximum absolute atomic E-state index is 13.6. The van der Waals surface area contributed by atoms with Crippen molar-refractivity contribution < 1.29 is 14.3 Å². The number of ketones is 1. The van der Waals surface area contributed by atoms with E-state index < -0.39 is 11.0 Å². The van der Waals surface area contributed by atoms with Crippen LogP contribution in [0, 0.1) is 5.41 Å². The fraction of sp³-hybridized carbons (Fsp3) is 0.417. The molecule has 1 unspecified atom stereocenters. The van der Waals surface area contributed by atoms with Gasteiger partial charge >= 0.3 is 0 Å². The van der Waals surface area contributed by atoms with Crippen LogP contribution in [-0.2, 0) is 15.1 Å². The van der Waals surface area contributed by atoms with E-state index in [2.05, 4.69) is 5.01 Å². The maximum Gasteiger partial charge on any atom is 0.249 e. The highest BCUT2D eigenvalue weighted by molar-refractivity contribution is 5.94. The summed E-state index contributed by atoms with van der Waals surface area (Å²) in [6.45, 7) is 6.54. The van der Waals surface area contributed by atoms with Crippen molar-refractivity contribution in [1.82, 2.24) is 5.01 Å². The highest BCUT2D eigenvalue weighted by Gasteiger charge is 2.60. The number of ether oxygens (including phenoxy) is 1. The van der Waals surface area contributed by atoms with E-state index in [4.69, 9.17) is 4.74 Å². The Balaban J connectivity index is 2.01. The number of carbonyl (C=O) groups excluding carboxylic acids is 2. The van der Waals surface area contributed by atoms with E-state index in [1.807, 2.05) is 74.3 Å². The summed E-state index contributed by atoms with van der Waals surface area (Å²) in [7, 11) is 1.64. The number of hydrogen-bond donors (Lipinski definition) is 0. The number of nitrogens with zero attached hydrogens (tertiary/aromatic N) is 2. The van der Waals surface area contributed by atoms with Crippen LogP contribution in [0.2, 0.25) is 0 Å². The summed E-state index contributed by atoms with van der Waals surface area (Å²) in [5, 5.41) is 3.91. The summed E-state index contributed by atoms with van der Waals surface area (Å²) in [5.74, 6) is 0.923.